The number of aryl methyl sites for hydroxylation is 1. The highest BCUT2D eigenvalue weighted by atomic mass is 79.9. The van der Waals surface area contributed by atoms with Gasteiger partial charge in [-0.2, -0.15) is 0 Å². The third-order valence-corrected chi connectivity index (χ3v) is 3.41. The first kappa shape index (κ1) is 13.8. The van der Waals surface area contributed by atoms with Crippen molar-refractivity contribution in [1.29, 1.82) is 0 Å². The predicted octanol–water partition coefficient (Wildman–Crippen LogP) is 2.38. The minimum Gasteiger partial charge on any atom is -0.352 e. The lowest BCUT2D eigenvalue weighted by atomic mass is 10.2. The maximum Gasteiger partial charge on any atom is 0.227 e. The number of halogens is 1. The van der Waals surface area contributed by atoms with Gasteiger partial charge >= 0.3 is 0 Å². The molecule has 19 heavy (non-hydrogen) atoms. The third kappa shape index (κ3) is 3.67. The van der Waals surface area contributed by atoms with E-state index in [9.17, 15) is 4.79 Å². The fourth-order valence-electron chi connectivity index (χ4n) is 1.87. The molecule has 0 aliphatic heterocycles. The number of carbonyl (C=O) groups excluding carboxylic acids is 1. The van der Waals surface area contributed by atoms with Crippen molar-refractivity contribution in [2.24, 2.45) is 7.05 Å². The van der Waals surface area contributed by atoms with E-state index in [0.717, 1.165) is 15.7 Å². The predicted molar refractivity (Wildman–Crippen MR) is 77.5 cm³/mol. The van der Waals surface area contributed by atoms with Crippen LogP contribution in [0.5, 0.6) is 0 Å². The van der Waals surface area contributed by atoms with Crippen LogP contribution in [0.2, 0.25) is 0 Å². The molecule has 0 unspecified atom stereocenters. The molecule has 4 nitrogen and oxygen atoms in total. The number of likely N-dealkylation sites (N-methyl/N-ethyl adjacent to an activating group) is 1. The van der Waals surface area contributed by atoms with Gasteiger partial charge in [0.15, 0.2) is 0 Å². The molecule has 2 aromatic heterocycles. The summed E-state index contributed by atoms with van der Waals surface area (Å²) in [6, 6.07) is 5.78. The van der Waals surface area contributed by atoms with Crippen LogP contribution in [0.15, 0.2) is 41.3 Å². The van der Waals surface area contributed by atoms with E-state index in [1.54, 1.807) is 17.3 Å². The monoisotopic (exact) mass is 321 g/mol. The summed E-state index contributed by atoms with van der Waals surface area (Å²) in [7, 11) is 3.79. The lowest BCUT2D eigenvalue weighted by molar-refractivity contribution is -0.129. The Morgan fingerprint density at radius 1 is 1.53 bits per heavy atom. The molecule has 0 saturated heterocycles. The summed E-state index contributed by atoms with van der Waals surface area (Å²) >= 11 is 3.43. The molecular weight excluding hydrogens is 306 g/mol. The second-order valence-corrected chi connectivity index (χ2v) is 5.46. The number of carbonyl (C=O) groups is 1. The van der Waals surface area contributed by atoms with Crippen molar-refractivity contribution in [3.05, 3.63) is 52.5 Å². The average molecular weight is 322 g/mol. The van der Waals surface area contributed by atoms with E-state index >= 15 is 0 Å². The Morgan fingerprint density at radius 2 is 2.32 bits per heavy atom. The SMILES string of the molecule is CN(Cc1cc(Br)cn1C)C(=O)Cc1cccnc1. The smallest absolute Gasteiger partial charge is 0.227 e. The molecule has 0 aliphatic rings. The molecule has 0 bridgehead atoms. The number of amides is 1. The summed E-state index contributed by atoms with van der Waals surface area (Å²) in [5.41, 5.74) is 2.03. The maximum absolute atomic E-state index is 12.1. The summed E-state index contributed by atoms with van der Waals surface area (Å²) in [5, 5.41) is 0. The quantitative estimate of drug-likeness (QED) is 0.867. The molecule has 100 valence electrons. The Kier molecular flexibility index (Phi) is 4.37. The minimum absolute atomic E-state index is 0.0883. The molecule has 2 aromatic rings. The number of rotatable bonds is 4. The van der Waals surface area contributed by atoms with Crippen molar-refractivity contribution in [2.75, 3.05) is 7.05 Å². The molecule has 0 N–H and O–H groups in total. The van der Waals surface area contributed by atoms with Gasteiger partial charge < -0.3 is 9.47 Å². The first-order valence-corrected chi connectivity index (χ1v) is 6.79. The van der Waals surface area contributed by atoms with Gasteiger partial charge in [-0.15, -0.1) is 0 Å². The van der Waals surface area contributed by atoms with Gasteiger partial charge in [-0.25, -0.2) is 0 Å². The van der Waals surface area contributed by atoms with Gasteiger partial charge in [0, 0.05) is 42.9 Å². The van der Waals surface area contributed by atoms with E-state index in [2.05, 4.69) is 20.9 Å². The third-order valence-electron chi connectivity index (χ3n) is 2.98. The molecule has 0 fully saturated rings. The van der Waals surface area contributed by atoms with Crippen molar-refractivity contribution in [3.63, 3.8) is 0 Å². The summed E-state index contributed by atoms with van der Waals surface area (Å²) in [4.78, 5) is 17.9. The van der Waals surface area contributed by atoms with Gasteiger partial charge in [0.25, 0.3) is 0 Å². The largest absolute Gasteiger partial charge is 0.352 e. The normalized spacial score (nSPS) is 10.5. The van der Waals surface area contributed by atoms with E-state index in [1.165, 1.54) is 0 Å². The van der Waals surface area contributed by atoms with Crippen LogP contribution in [0.4, 0.5) is 0 Å². The molecular formula is C14H16BrN3O. The molecule has 0 spiro atoms. The molecule has 0 aliphatic carbocycles. The minimum atomic E-state index is 0.0883. The Bertz CT molecular complexity index is 565. The van der Waals surface area contributed by atoms with E-state index in [4.69, 9.17) is 0 Å². The Labute approximate surface area is 121 Å². The lowest BCUT2D eigenvalue weighted by Gasteiger charge is -2.17. The van der Waals surface area contributed by atoms with Crippen LogP contribution >= 0.6 is 15.9 Å². The van der Waals surface area contributed by atoms with Crippen LogP contribution < -0.4 is 0 Å². The molecule has 2 heterocycles. The van der Waals surface area contributed by atoms with Gasteiger partial charge in [0.1, 0.15) is 0 Å². The van der Waals surface area contributed by atoms with Crippen molar-refractivity contribution in [2.45, 2.75) is 13.0 Å². The van der Waals surface area contributed by atoms with Gasteiger partial charge in [-0.1, -0.05) is 6.07 Å². The Balaban J connectivity index is 1.98. The van der Waals surface area contributed by atoms with Crippen molar-refractivity contribution < 1.29 is 4.79 Å². The second kappa shape index (κ2) is 6.02. The van der Waals surface area contributed by atoms with Gasteiger partial charge in [0.2, 0.25) is 5.91 Å². The molecule has 0 saturated carbocycles. The summed E-state index contributed by atoms with van der Waals surface area (Å²) < 4.78 is 3.04. The summed E-state index contributed by atoms with van der Waals surface area (Å²) in [5.74, 6) is 0.0883. The Hall–Kier alpha value is -1.62. The van der Waals surface area contributed by atoms with E-state index in [-0.39, 0.29) is 5.91 Å². The average Bonchev–Trinajstić information content (AvgIpc) is 2.69. The highest BCUT2D eigenvalue weighted by Gasteiger charge is 2.12. The lowest BCUT2D eigenvalue weighted by Crippen LogP contribution is -2.28. The van der Waals surface area contributed by atoms with Gasteiger partial charge in [-0.3, -0.25) is 9.78 Å². The highest BCUT2D eigenvalue weighted by Crippen LogP contribution is 2.15. The number of hydrogen-bond donors (Lipinski definition) is 0. The zero-order chi connectivity index (χ0) is 13.8. The molecule has 0 radical (unpaired) electrons. The van der Waals surface area contributed by atoms with Crippen molar-refractivity contribution >= 4 is 21.8 Å². The van der Waals surface area contributed by atoms with Crippen molar-refractivity contribution in [3.8, 4) is 0 Å². The Morgan fingerprint density at radius 3 is 2.89 bits per heavy atom. The van der Waals surface area contributed by atoms with E-state index in [0.29, 0.717) is 13.0 Å². The molecule has 2 rings (SSSR count). The molecule has 5 heteroatoms. The standard InChI is InChI=1S/C14H16BrN3O/c1-17-9-12(15)7-13(17)10-18(2)14(19)6-11-4-3-5-16-8-11/h3-5,7-9H,6,10H2,1-2H3. The van der Waals surface area contributed by atoms with Crippen LogP contribution in [-0.2, 0) is 24.8 Å². The van der Waals surface area contributed by atoms with Crippen LogP contribution in [0.1, 0.15) is 11.3 Å². The van der Waals surface area contributed by atoms with E-state index < -0.39 is 0 Å². The first-order chi connectivity index (χ1) is 9.06. The van der Waals surface area contributed by atoms with Crippen molar-refractivity contribution in [1.82, 2.24) is 14.5 Å². The fraction of sp³-hybridized carbons (Fsp3) is 0.286. The van der Waals surface area contributed by atoms with Gasteiger partial charge in [-0.05, 0) is 33.6 Å². The maximum atomic E-state index is 12.1. The van der Waals surface area contributed by atoms with E-state index in [1.807, 2.05) is 43.1 Å². The zero-order valence-electron chi connectivity index (χ0n) is 11.0. The van der Waals surface area contributed by atoms with Crippen LogP contribution in [-0.4, -0.2) is 27.4 Å². The van der Waals surface area contributed by atoms with Gasteiger partial charge in [0.05, 0.1) is 13.0 Å². The fourth-order valence-corrected chi connectivity index (χ4v) is 2.44. The van der Waals surface area contributed by atoms with Crippen LogP contribution in [0.3, 0.4) is 0 Å². The van der Waals surface area contributed by atoms with Crippen LogP contribution in [0, 0.1) is 0 Å². The number of pyridine rings is 1. The molecule has 0 atom stereocenters. The number of aromatic nitrogens is 2. The highest BCUT2D eigenvalue weighted by molar-refractivity contribution is 9.10. The topological polar surface area (TPSA) is 38.1 Å². The second-order valence-electron chi connectivity index (χ2n) is 4.55. The number of hydrogen-bond acceptors (Lipinski definition) is 2. The zero-order valence-corrected chi connectivity index (χ0v) is 12.6. The summed E-state index contributed by atoms with van der Waals surface area (Å²) in [6.45, 7) is 0.598. The molecule has 1 amide bonds. The first-order valence-electron chi connectivity index (χ1n) is 6.00. The number of nitrogens with zero attached hydrogens (tertiary/aromatic N) is 3. The molecule has 0 aromatic carbocycles. The van der Waals surface area contributed by atoms with Crippen LogP contribution in [0.25, 0.3) is 0 Å². The summed E-state index contributed by atoms with van der Waals surface area (Å²) in [6.07, 6.45) is 5.80.